The number of hydrogen-bond acceptors (Lipinski definition) is 5. The minimum Gasteiger partial charge on any atom is -0.422 e. The molecule has 3 atom stereocenters. The van der Waals surface area contributed by atoms with Crippen molar-refractivity contribution < 1.29 is 23.5 Å². The van der Waals surface area contributed by atoms with Crippen LogP contribution in [-0.2, 0) is 25.5 Å². The number of rotatable bonds is 0. The molecule has 1 spiro atoms. The molecule has 0 N–H and O–H groups in total. The smallest absolute Gasteiger partial charge is 0.329 e. The molecule has 4 aliphatic rings. The van der Waals surface area contributed by atoms with Gasteiger partial charge in [0.15, 0.2) is 5.41 Å². The van der Waals surface area contributed by atoms with E-state index in [0.717, 1.165) is 24.9 Å². The minimum absolute atomic E-state index is 0.0815. The number of nitrogens with zero attached hydrogens (tertiary/aromatic N) is 1. The van der Waals surface area contributed by atoms with E-state index in [1.807, 2.05) is 0 Å². The van der Waals surface area contributed by atoms with Crippen LogP contribution in [0.3, 0.4) is 0 Å². The first kappa shape index (κ1) is 18.9. The summed E-state index contributed by atoms with van der Waals surface area (Å²) >= 11 is 0. The van der Waals surface area contributed by atoms with Crippen LogP contribution in [0.5, 0.6) is 0 Å². The predicted molar refractivity (Wildman–Crippen MR) is 105 cm³/mol. The number of cyclic esters (lactones) is 2. The molecule has 1 saturated carbocycles. The number of halogens is 1. The zero-order valence-corrected chi connectivity index (χ0v) is 17.7. The summed E-state index contributed by atoms with van der Waals surface area (Å²) in [5, 5.41) is 0. The van der Waals surface area contributed by atoms with E-state index in [1.165, 1.54) is 12.1 Å². The van der Waals surface area contributed by atoms with Crippen LogP contribution in [0.25, 0.3) is 0 Å². The van der Waals surface area contributed by atoms with Gasteiger partial charge in [0.25, 0.3) is 5.79 Å². The molecule has 0 aromatic heterocycles. The number of carbonyl (C=O) groups excluding carboxylic acids is 2. The molecule has 3 fully saturated rings. The van der Waals surface area contributed by atoms with Gasteiger partial charge in [0, 0.05) is 32.0 Å². The molecule has 0 unspecified atom stereocenters. The molecule has 6 heteroatoms. The van der Waals surface area contributed by atoms with E-state index in [-0.39, 0.29) is 35.2 Å². The van der Waals surface area contributed by atoms with Crippen molar-refractivity contribution in [1.82, 2.24) is 0 Å². The van der Waals surface area contributed by atoms with Gasteiger partial charge in [-0.3, -0.25) is 9.59 Å². The Balaban J connectivity index is 1.75. The summed E-state index contributed by atoms with van der Waals surface area (Å²) in [7, 11) is 0. The van der Waals surface area contributed by atoms with Crippen LogP contribution in [0, 0.1) is 22.1 Å². The maximum atomic E-state index is 14.1. The zero-order chi connectivity index (χ0) is 21.0. The van der Waals surface area contributed by atoms with E-state index in [1.54, 1.807) is 19.9 Å². The molecule has 5 nitrogen and oxygen atoms in total. The van der Waals surface area contributed by atoms with Crippen LogP contribution in [0.1, 0.15) is 59.4 Å². The second-order valence-electron chi connectivity index (χ2n) is 11.0. The van der Waals surface area contributed by atoms with Crippen LogP contribution in [0.4, 0.5) is 10.1 Å². The third-order valence-corrected chi connectivity index (χ3v) is 7.37. The van der Waals surface area contributed by atoms with Crippen molar-refractivity contribution in [3.8, 4) is 0 Å². The molecule has 1 aliphatic carbocycles. The van der Waals surface area contributed by atoms with Crippen molar-refractivity contribution in [2.75, 3.05) is 4.90 Å². The summed E-state index contributed by atoms with van der Waals surface area (Å²) in [6.45, 7) is 9.81. The number of hydrogen-bond donors (Lipinski definition) is 0. The first-order valence-corrected chi connectivity index (χ1v) is 10.4. The van der Waals surface area contributed by atoms with Gasteiger partial charge < -0.3 is 14.4 Å². The second-order valence-corrected chi connectivity index (χ2v) is 11.0. The molecule has 5 rings (SSSR count). The van der Waals surface area contributed by atoms with Crippen molar-refractivity contribution in [1.29, 1.82) is 0 Å². The standard InChI is InChI=1S/C23H28FNO4/c1-20(2)10-15-11-22(5,12-20)17-23(18(26)28-21(3,4)29-19(23)27)9-13-8-14(24)6-7-16(13)25(15)17/h6-8,15,17H,9-12H2,1-5H3/t15-,17-,22+/m1/s1. The molecule has 2 saturated heterocycles. The molecule has 29 heavy (non-hydrogen) atoms. The van der Waals surface area contributed by atoms with Crippen molar-refractivity contribution in [2.45, 2.75) is 78.2 Å². The number of fused-ring (bicyclic) bond motifs is 8. The topological polar surface area (TPSA) is 55.8 Å². The Morgan fingerprint density at radius 1 is 1.03 bits per heavy atom. The van der Waals surface area contributed by atoms with Gasteiger partial charge in [-0.05, 0) is 53.9 Å². The third kappa shape index (κ3) is 2.44. The first-order valence-electron chi connectivity index (χ1n) is 10.4. The molecule has 1 aromatic rings. The highest BCUT2D eigenvalue weighted by molar-refractivity contribution is 6.04. The lowest BCUT2D eigenvalue weighted by atomic mass is 9.57. The number of esters is 2. The van der Waals surface area contributed by atoms with Gasteiger partial charge in [0.1, 0.15) is 5.82 Å². The highest BCUT2D eigenvalue weighted by Gasteiger charge is 2.72. The predicted octanol–water partition coefficient (Wildman–Crippen LogP) is 3.98. The first-order chi connectivity index (χ1) is 13.4. The second kappa shape index (κ2) is 5.32. The van der Waals surface area contributed by atoms with E-state index in [2.05, 4.69) is 25.7 Å². The quantitative estimate of drug-likeness (QED) is 0.486. The van der Waals surface area contributed by atoms with Gasteiger partial charge in [0.2, 0.25) is 0 Å². The highest BCUT2D eigenvalue weighted by Crippen LogP contribution is 2.64. The van der Waals surface area contributed by atoms with Crippen molar-refractivity contribution in [3.05, 3.63) is 29.6 Å². The molecule has 0 amide bonds. The lowest BCUT2D eigenvalue weighted by molar-refractivity contribution is -0.255. The minimum atomic E-state index is -1.47. The summed E-state index contributed by atoms with van der Waals surface area (Å²) in [4.78, 5) is 29.2. The molecule has 3 heterocycles. The molecular weight excluding hydrogens is 373 g/mol. The van der Waals surface area contributed by atoms with Gasteiger partial charge in [-0.15, -0.1) is 0 Å². The number of benzene rings is 1. The van der Waals surface area contributed by atoms with Gasteiger partial charge in [-0.2, -0.15) is 0 Å². The van der Waals surface area contributed by atoms with Crippen LogP contribution < -0.4 is 4.90 Å². The van der Waals surface area contributed by atoms with E-state index in [0.29, 0.717) is 5.56 Å². The number of anilines is 1. The van der Waals surface area contributed by atoms with E-state index in [9.17, 15) is 14.0 Å². The Morgan fingerprint density at radius 2 is 1.69 bits per heavy atom. The van der Waals surface area contributed by atoms with Crippen LogP contribution in [0.15, 0.2) is 18.2 Å². The maximum absolute atomic E-state index is 14.1. The molecule has 2 bridgehead atoms. The molecule has 156 valence electrons. The Kier molecular flexibility index (Phi) is 3.47. The van der Waals surface area contributed by atoms with Crippen molar-refractivity contribution >= 4 is 17.6 Å². The lowest BCUT2D eigenvalue weighted by Gasteiger charge is -2.53. The SMILES string of the molecule is CC1(C)C[C@@H]2C[C@@](C)(C1)[C@H]1N2c2ccc(F)cc2CC12C(=O)OC(C)(C)OC2=O. The Morgan fingerprint density at radius 3 is 2.34 bits per heavy atom. The Hall–Kier alpha value is -2.11. The van der Waals surface area contributed by atoms with Gasteiger partial charge in [0.05, 0.1) is 6.04 Å². The largest absolute Gasteiger partial charge is 0.422 e. The maximum Gasteiger partial charge on any atom is 0.329 e. The fourth-order valence-electron chi connectivity index (χ4n) is 7.05. The van der Waals surface area contributed by atoms with E-state index >= 15 is 0 Å². The monoisotopic (exact) mass is 401 g/mol. The van der Waals surface area contributed by atoms with Gasteiger partial charge >= 0.3 is 11.9 Å². The molecule has 3 aliphatic heterocycles. The number of carbonyl (C=O) groups is 2. The van der Waals surface area contributed by atoms with Gasteiger partial charge in [-0.1, -0.05) is 20.8 Å². The fraction of sp³-hybridized carbons (Fsp3) is 0.652. The summed E-state index contributed by atoms with van der Waals surface area (Å²) in [6, 6.07) is 4.53. The van der Waals surface area contributed by atoms with Crippen LogP contribution >= 0.6 is 0 Å². The summed E-state index contributed by atoms with van der Waals surface area (Å²) < 4.78 is 25.4. The third-order valence-electron chi connectivity index (χ3n) is 7.37. The summed E-state index contributed by atoms with van der Waals surface area (Å²) in [6.07, 6.45) is 2.86. The lowest BCUT2D eigenvalue weighted by Crippen LogP contribution is -2.67. The number of ether oxygens (including phenoxy) is 2. The summed E-state index contributed by atoms with van der Waals surface area (Å²) in [5.74, 6) is -2.75. The van der Waals surface area contributed by atoms with E-state index in [4.69, 9.17) is 9.47 Å². The van der Waals surface area contributed by atoms with Gasteiger partial charge in [-0.25, -0.2) is 4.39 Å². The van der Waals surface area contributed by atoms with E-state index < -0.39 is 23.1 Å². The van der Waals surface area contributed by atoms with Crippen LogP contribution in [0.2, 0.25) is 0 Å². The van der Waals surface area contributed by atoms with Crippen LogP contribution in [-0.4, -0.2) is 29.8 Å². The summed E-state index contributed by atoms with van der Waals surface area (Å²) in [5.41, 5.74) is -0.0428. The average Bonchev–Trinajstić information content (AvgIpc) is 2.77. The zero-order valence-electron chi connectivity index (χ0n) is 17.7. The molecule has 1 aromatic carbocycles. The highest BCUT2D eigenvalue weighted by atomic mass is 19.1. The van der Waals surface area contributed by atoms with Crippen molar-refractivity contribution in [3.63, 3.8) is 0 Å². The fourth-order valence-corrected chi connectivity index (χ4v) is 7.05. The molecule has 0 radical (unpaired) electrons. The molecular formula is C23H28FNO4. The van der Waals surface area contributed by atoms with Crippen molar-refractivity contribution in [2.24, 2.45) is 16.2 Å². The normalized spacial score (nSPS) is 35.6. The Bertz CT molecular complexity index is 919. The average molecular weight is 401 g/mol. The Labute approximate surface area is 170 Å².